The van der Waals surface area contributed by atoms with Crippen molar-refractivity contribution in [1.29, 1.82) is 0 Å². The first-order chi connectivity index (χ1) is 12.6. The van der Waals surface area contributed by atoms with Gasteiger partial charge in [-0.3, -0.25) is 4.98 Å². The molecular weight excluding hydrogens is 366 g/mol. The molecule has 3 rings (SSSR count). The molecule has 2 heterocycles. The van der Waals surface area contributed by atoms with E-state index in [0.29, 0.717) is 18.0 Å². The van der Waals surface area contributed by atoms with Gasteiger partial charge >= 0.3 is 0 Å². The molecule has 0 aliphatic rings. The summed E-state index contributed by atoms with van der Waals surface area (Å²) in [6.45, 7) is 4.97. The first-order valence-electron chi connectivity index (χ1n) is 8.62. The Balaban J connectivity index is 2.06. The standard InChI is InChI=1S/C20H22ClN3OS/c1-14(2)19-20(26-17-8-5-6-15(21)12-17)24(18(23-19)9-11-25)13-16-7-3-4-10-22-16/h3-8,10,12,14,25H,9,11,13H2,1-2H3. The van der Waals surface area contributed by atoms with E-state index in [1.54, 1.807) is 18.0 Å². The lowest BCUT2D eigenvalue weighted by Gasteiger charge is -2.13. The second-order valence-corrected chi connectivity index (χ2v) is 7.81. The summed E-state index contributed by atoms with van der Waals surface area (Å²) in [5.41, 5.74) is 2.00. The van der Waals surface area contributed by atoms with Crippen LogP contribution < -0.4 is 0 Å². The molecular formula is C20H22ClN3OS. The summed E-state index contributed by atoms with van der Waals surface area (Å²) in [6.07, 6.45) is 2.31. The van der Waals surface area contributed by atoms with Gasteiger partial charge in [0.2, 0.25) is 0 Å². The number of aliphatic hydroxyl groups excluding tert-OH is 1. The van der Waals surface area contributed by atoms with Gasteiger partial charge in [0.25, 0.3) is 0 Å². The third kappa shape index (κ3) is 4.47. The Labute approximate surface area is 163 Å². The van der Waals surface area contributed by atoms with E-state index < -0.39 is 0 Å². The van der Waals surface area contributed by atoms with Gasteiger partial charge in [-0.1, -0.05) is 49.3 Å². The van der Waals surface area contributed by atoms with Crippen LogP contribution in [-0.4, -0.2) is 26.2 Å². The predicted molar refractivity (Wildman–Crippen MR) is 106 cm³/mol. The van der Waals surface area contributed by atoms with Gasteiger partial charge in [0.05, 0.1) is 24.5 Å². The minimum absolute atomic E-state index is 0.0675. The largest absolute Gasteiger partial charge is 0.396 e. The van der Waals surface area contributed by atoms with Crippen LogP contribution in [0.15, 0.2) is 58.6 Å². The zero-order chi connectivity index (χ0) is 18.5. The molecule has 0 saturated carbocycles. The van der Waals surface area contributed by atoms with E-state index in [1.807, 2.05) is 42.5 Å². The molecule has 6 heteroatoms. The minimum atomic E-state index is 0.0675. The molecule has 0 radical (unpaired) electrons. The number of nitrogens with zero attached hydrogens (tertiary/aromatic N) is 3. The molecule has 0 bridgehead atoms. The molecule has 4 nitrogen and oxygen atoms in total. The van der Waals surface area contributed by atoms with Crippen molar-refractivity contribution in [3.05, 3.63) is 70.9 Å². The molecule has 2 aromatic heterocycles. The lowest BCUT2D eigenvalue weighted by molar-refractivity contribution is 0.294. The second kappa shape index (κ2) is 8.71. The maximum atomic E-state index is 9.48. The van der Waals surface area contributed by atoms with Gasteiger partial charge in [-0.05, 0) is 36.2 Å². The van der Waals surface area contributed by atoms with Gasteiger partial charge in [0.1, 0.15) is 10.9 Å². The minimum Gasteiger partial charge on any atom is -0.396 e. The zero-order valence-electron chi connectivity index (χ0n) is 14.9. The number of benzene rings is 1. The van der Waals surface area contributed by atoms with Crippen molar-refractivity contribution >= 4 is 23.4 Å². The Morgan fingerprint density at radius 3 is 2.69 bits per heavy atom. The highest BCUT2D eigenvalue weighted by molar-refractivity contribution is 7.99. The van der Waals surface area contributed by atoms with Crippen molar-refractivity contribution in [2.24, 2.45) is 0 Å². The van der Waals surface area contributed by atoms with Gasteiger partial charge < -0.3 is 9.67 Å². The lowest BCUT2D eigenvalue weighted by Crippen LogP contribution is -2.09. The number of imidazole rings is 1. The summed E-state index contributed by atoms with van der Waals surface area (Å²) in [7, 11) is 0. The molecule has 1 aromatic carbocycles. The fourth-order valence-electron chi connectivity index (χ4n) is 2.74. The van der Waals surface area contributed by atoms with Crippen LogP contribution in [0, 0.1) is 0 Å². The maximum absolute atomic E-state index is 9.48. The Bertz CT molecular complexity index is 865. The molecule has 0 aliphatic heterocycles. The van der Waals surface area contributed by atoms with E-state index in [1.165, 1.54) is 0 Å². The van der Waals surface area contributed by atoms with Crippen molar-refractivity contribution in [3.8, 4) is 0 Å². The third-order valence-corrected chi connectivity index (χ3v) is 5.31. The molecule has 3 aromatic rings. The molecule has 0 aliphatic carbocycles. The Hall–Kier alpha value is -1.82. The van der Waals surface area contributed by atoms with Crippen LogP contribution in [0.1, 0.15) is 37.0 Å². The van der Waals surface area contributed by atoms with Crippen LogP contribution in [0.25, 0.3) is 0 Å². The second-order valence-electron chi connectivity index (χ2n) is 6.31. The average Bonchev–Trinajstić information content (AvgIpc) is 2.94. The molecule has 0 unspecified atom stereocenters. The van der Waals surface area contributed by atoms with Crippen molar-refractivity contribution in [2.75, 3.05) is 6.61 Å². The molecule has 0 spiro atoms. The first-order valence-corrected chi connectivity index (χ1v) is 9.81. The van der Waals surface area contributed by atoms with Crippen LogP contribution in [0.2, 0.25) is 5.02 Å². The number of rotatable bonds is 7. The van der Waals surface area contributed by atoms with E-state index in [4.69, 9.17) is 16.6 Å². The van der Waals surface area contributed by atoms with Crippen LogP contribution in [-0.2, 0) is 13.0 Å². The molecule has 0 fully saturated rings. The number of aliphatic hydroxyl groups is 1. The fraction of sp³-hybridized carbons (Fsp3) is 0.300. The van der Waals surface area contributed by atoms with Gasteiger partial charge in [0.15, 0.2) is 0 Å². The van der Waals surface area contributed by atoms with Crippen LogP contribution in [0.3, 0.4) is 0 Å². The highest BCUT2D eigenvalue weighted by Crippen LogP contribution is 2.36. The number of aromatic nitrogens is 3. The Kier molecular flexibility index (Phi) is 6.35. The van der Waals surface area contributed by atoms with Crippen LogP contribution >= 0.6 is 23.4 Å². The number of hydrogen-bond donors (Lipinski definition) is 1. The SMILES string of the molecule is CC(C)c1nc(CCO)n(Cc2ccccn2)c1Sc1cccc(Cl)c1. The fourth-order valence-corrected chi connectivity index (χ4v) is 4.21. The van der Waals surface area contributed by atoms with Gasteiger partial charge in [-0.15, -0.1) is 0 Å². The normalized spacial score (nSPS) is 11.3. The third-order valence-electron chi connectivity index (χ3n) is 3.96. The summed E-state index contributed by atoms with van der Waals surface area (Å²) in [4.78, 5) is 10.4. The zero-order valence-corrected chi connectivity index (χ0v) is 16.5. The summed E-state index contributed by atoms with van der Waals surface area (Å²) in [6, 6.07) is 13.7. The number of hydrogen-bond acceptors (Lipinski definition) is 4. The van der Waals surface area contributed by atoms with Crippen molar-refractivity contribution < 1.29 is 5.11 Å². The summed E-state index contributed by atoms with van der Waals surface area (Å²) in [5.74, 6) is 1.16. The van der Waals surface area contributed by atoms with Gasteiger partial charge in [-0.2, -0.15) is 0 Å². The summed E-state index contributed by atoms with van der Waals surface area (Å²) < 4.78 is 2.17. The first kappa shape index (κ1) is 19.0. The number of halogens is 1. The Morgan fingerprint density at radius 1 is 1.19 bits per heavy atom. The summed E-state index contributed by atoms with van der Waals surface area (Å²) >= 11 is 7.81. The van der Waals surface area contributed by atoms with Crippen LogP contribution in [0.4, 0.5) is 0 Å². The average molecular weight is 388 g/mol. The van der Waals surface area contributed by atoms with E-state index >= 15 is 0 Å². The quantitative estimate of drug-likeness (QED) is 0.633. The molecule has 26 heavy (non-hydrogen) atoms. The van der Waals surface area contributed by atoms with Crippen molar-refractivity contribution in [3.63, 3.8) is 0 Å². The Morgan fingerprint density at radius 2 is 2.04 bits per heavy atom. The van der Waals surface area contributed by atoms with Crippen LogP contribution in [0.5, 0.6) is 0 Å². The van der Waals surface area contributed by atoms with Crippen molar-refractivity contribution in [2.45, 2.75) is 42.7 Å². The maximum Gasteiger partial charge on any atom is 0.112 e. The molecule has 0 atom stereocenters. The topological polar surface area (TPSA) is 50.9 Å². The molecule has 1 N–H and O–H groups in total. The van der Waals surface area contributed by atoms with Crippen molar-refractivity contribution in [1.82, 2.24) is 14.5 Å². The molecule has 0 saturated heterocycles. The highest BCUT2D eigenvalue weighted by atomic mass is 35.5. The highest BCUT2D eigenvalue weighted by Gasteiger charge is 2.20. The smallest absolute Gasteiger partial charge is 0.112 e. The van der Waals surface area contributed by atoms with E-state index in [-0.39, 0.29) is 12.5 Å². The molecule has 136 valence electrons. The predicted octanol–water partition coefficient (Wildman–Crippen LogP) is 4.79. The summed E-state index contributed by atoms with van der Waals surface area (Å²) in [5, 5.41) is 11.3. The van der Waals surface area contributed by atoms with E-state index in [9.17, 15) is 5.11 Å². The van der Waals surface area contributed by atoms with Gasteiger partial charge in [0, 0.05) is 22.5 Å². The van der Waals surface area contributed by atoms with E-state index in [2.05, 4.69) is 23.4 Å². The molecule has 0 amide bonds. The number of pyridine rings is 1. The lowest BCUT2D eigenvalue weighted by atomic mass is 10.1. The monoisotopic (exact) mass is 387 g/mol. The van der Waals surface area contributed by atoms with Gasteiger partial charge in [-0.25, -0.2) is 4.98 Å². The van der Waals surface area contributed by atoms with E-state index in [0.717, 1.165) is 27.1 Å².